The Kier molecular flexibility index (Phi) is 7.67. The predicted octanol–water partition coefficient (Wildman–Crippen LogP) is 16.1. The summed E-state index contributed by atoms with van der Waals surface area (Å²) in [6.07, 6.45) is 6.62. The fraction of sp³-hybridized carbons (Fsp3) is 0.0357. The van der Waals surface area contributed by atoms with E-state index in [1.807, 2.05) is 24.3 Å². The SMILES string of the molecule is C1=Cc2c(N(c3ccc(-c4ccc5ccccc5c4)cc3)c3ccc(-c4cccc5c4oc4ccccc45)cc3)ccc(-c3ccc4oc5ccccc5c4c3)c2CC1. The van der Waals surface area contributed by atoms with Gasteiger partial charge in [-0.25, -0.2) is 0 Å². The molecule has 0 aliphatic heterocycles. The molecule has 0 amide bonds. The number of hydrogen-bond acceptors (Lipinski definition) is 3. The molecule has 9 aromatic carbocycles. The van der Waals surface area contributed by atoms with Crippen LogP contribution in [0.2, 0.25) is 0 Å². The lowest BCUT2D eigenvalue weighted by atomic mass is 9.87. The zero-order valence-electron chi connectivity index (χ0n) is 32.2. The number of benzene rings is 9. The van der Waals surface area contributed by atoms with Gasteiger partial charge in [0.2, 0.25) is 0 Å². The van der Waals surface area contributed by atoms with Crippen molar-refractivity contribution < 1.29 is 8.83 Å². The molecule has 59 heavy (non-hydrogen) atoms. The Hall–Kier alpha value is -7.62. The molecule has 278 valence electrons. The number of fused-ring (bicyclic) bond motifs is 8. The van der Waals surface area contributed by atoms with Crippen LogP contribution in [0, 0.1) is 0 Å². The first-order chi connectivity index (χ1) is 29.2. The molecular formula is C56H37NO2. The highest BCUT2D eigenvalue weighted by molar-refractivity contribution is 6.10. The fourth-order valence-corrected chi connectivity index (χ4v) is 9.26. The molecule has 0 saturated carbocycles. The van der Waals surface area contributed by atoms with Crippen LogP contribution >= 0.6 is 0 Å². The van der Waals surface area contributed by atoms with Crippen molar-refractivity contribution in [1.29, 1.82) is 0 Å². The number of hydrogen-bond donors (Lipinski definition) is 0. The third-order valence-electron chi connectivity index (χ3n) is 12.2. The third-order valence-corrected chi connectivity index (χ3v) is 12.2. The molecule has 2 aromatic heterocycles. The molecule has 1 aliphatic carbocycles. The highest BCUT2D eigenvalue weighted by Crippen LogP contribution is 2.45. The summed E-state index contributed by atoms with van der Waals surface area (Å²) in [5.41, 5.74) is 16.7. The van der Waals surface area contributed by atoms with Gasteiger partial charge in [0.15, 0.2) is 0 Å². The van der Waals surface area contributed by atoms with Crippen molar-refractivity contribution in [2.24, 2.45) is 0 Å². The van der Waals surface area contributed by atoms with Crippen LogP contribution in [0.5, 0.6) is 0 Å². The predicted molar refractivity (Wildman–Crippen MR) is 247 cm³/mol. The molecule has 0 atom stereocenters. The monoisotopic (exact) mass is 755 g/mol. The molecule has 0 N–H and O–H groups in total. The van der Waals surface area contributed by atoms with Crippen LogP contribution in [0.3, 0.4) is 0 Å². The molecular weight excluding hydrogens is 719 g/mol. The molecule has 0 unspecified atom stereocenters. The molecule has 0 fully saturated rings. The zero-order chi connectivity index (χ0) is 38.9. The molecule has 3 heteroatoms. The van der Waals surface area contributed by atoms with Gasteiger partial charge in [-0.05, 0) is 118 Å². The molecule has 2 heterocycles. The summed E-state index contributed by atoms with van der Waals surface area (Å²) < 4.78 is 12.7. The number of furan rings is 2. The minimum Gasteiger partial charge on any atom is -0.456 e. The van der Waals surface area contributed by atoms with Gasteiger partial charge in [0.05, 0.1) is 5.69 Å². The van der Waals surface area contributed by atoms with Gasteiger partial charge in [-0.15, -0.1) is 0 Å². The molecule has 0 spiro atoms. The van der Waals surface area contributed by atoms with Gasteiger partial charge in [-0.1, -0.05) is 140 Å². The van der Waals surface area contributed by atoms with Crippen molar-refractivity contribution in [3.63, 3.8) is 0 Å². The average molecular weight is 756 g/mol. The molecule has 0 bridgehead atoms. The Balaban J connectivity index is 0.993. The zero-order valence-corrected chi connectivity index (χ0v) is 32.2. The van der Waals surface area contributed by atoms with Crippen molar-refractivity contribution in [2.45, 2.75) is 12.8 Å². The van der Waals surface area contributed by atoms with Gasteiger partial charge in [-0.3, -0.25) is 0 Å². The van der Waals surface area contributed by atoms with Crippen LogP contribution in [-0.2, 0) is 6.42 Å². The van der Waals surface area contributed by atoms with Crippen LogP contribution in [-0.4, -0.2) is 0 Å². The number of rotatable bonds is 6. The summed E-state index contributed by atoms with van der Waals surface area (Å²) in [6.45, 7) is 0. The summed E-state index contributed by atoms with van der Waals surface area (Å²) in [5.74, 6) is 0. The van der Waals surface area contributed by atoms with Crippen molar-refractivity contribution in [3.05, 3.63) is 205 Å². The maximum atomic E-state index is 6.45. The number of allylic oxidation sites excluding steroid dienone is 1. The van der Waals surface area contributed by atoms with Crippen LogP contribution in [0.25, 0.3) is 94.1 Å². The first-order valence-corrected chi connectivity index (χ1v) is 20.4. The maximum Gasteiger partial charge on any atom is 0.143 e. The number of para-hydroxylation sites is 3. The topological polar surface area (TPSA) is 29.5 Å². The fourth-order valence-electron chi connectivity index (χ4n) is 9.26. The van der Waals surface area contributed by atoms with Gasteiger partial charge in [0.1, 0.15) is 22.3 Å². The smallest absolute Gasteiger partial charge is 0.143 e. The van der Waals surface area contributed by atoms with E-state index < -0.39 is 0 Å². The van der Waals surface area contributed by atoms with E-state index in [-0.39, 0.29) is 0 Å². The van der Waals surface area contributed by atoms with Crippen LogP contribution in [0.15, 0.2) is 203 Å². The van der Waals surface area contributed by atoms with E-state index in [1.165, 1.54) is 44.2 Å². The molecule has 12 rings (SSSR count). The second kappa shape index (κ2) is 13.5. The van der Waals surface area contributed by atoms with Crippen LogP contribution in [0.4, 0.5) is 17.1 Å². The van der Waals surface area contributed by atoms with E-state index in [2.05, 4.69) is 181 Å². The van der Waals surface area contributed by atoms with Crippen LogP contribution < -0.4 is 4.90 Å². The molecule has 0 saturated heterocycles. The Morgan fingerprint density at radius 3 is 1.86 bits per heavy atom. The molecule has 0 radical (unpaired) electrons. The average Bonchev–Trinajstić information content (AvgIpc) is 3.88. The van der Waals surface area contributed by atoms with Crippen molar-refractivity contribution in [1.82, 2.24) is 0 Å². The Labute approximate surface area is 341 Å². The van der Waals surface area contributed by atoms with Crippen LogP contribution in [0.1, 0.15) is 17.5 Å². The molecule has 3 nitrogen and oxygen atoms in total. The second-order valence-electron chi connectivity index (χ2n) is 15.5. The highest BCUT2D eigenvalue weighted by atomic mass is 16.3. The lowest BCUT2D eigenvalue weighted by molar-refractivity contribution is 0.669. The molecule has 1 aliphatic rings. The summed E-state index contributed by atoms with van der Waals surface area (Å²) >= 11 is 0. The van der Waals surface area contributed by atoms with Gasteiger partial charge in [0.25, 0.3) is 0 Å². The standard InChI is InChI=1S/C56H37NO2/c1-2-11-39-34-40(21-20-36(39)10-1)37-22-27-42(28-23-37)57(43-29-24-38(25-30-43)45-16-9-17-50-48-14-5-8-19-54(48)59-56(45)50)52-32-31-44(46-12-3-4-13-47(46)52)41-26-33-55-51(35-41)49-15-6-7-18-53(49)58-55/h1-2,4-11,13-35H,3,12H2. The van der Waals surface area contributed by atoms with Crippen molar-refractivity contribution in [2.75, 3.05) is 4.90 Å². The lowest BCUT2D eigenvalue weighted by Crippen LogP contribution is -2.13. The van der Waals surface area contributed by atoms with E-state index in [9.17, 15) is 0 Å². The van der Waals surface area contributed by atoms with Gasteiger partial charge in [-0.2, -0.15) is 0 Å². The van der Waals surface area contributed by atoms with Gasteiger partial charge >= 0.3 is 0 Å². The van der Waals surface area contributed by atoms with E-state index in [0.717, 1.165) is 84.9 Å². The van der Waals surface area contributed by atoms with Crippen molar-refractivity contribution in [3.8, 4) is 33.4 Å². The Morgan fingerprint density at radius 1 is 0.407 bits per heavy atom. The third kappa shape index (κ3) is 5.58. The number of anilines is 3. The summed E-state index contributed by atoms with van der Waals surface area (Å²) in [6, 6.07) is 67.6. The minimum absolute atomic E-state index is 0.907. The second-order valence-corrected chi connectivity index (χ2v) is 15.5. The Morgan fingerprint density at radius 2 is 1.05 bits per heavy atom. The largest absolute Gasteiger partial charge is 0.456 e. The van der Waals surface area contributed by atoms with E-state index >= 15 is 0 Å². The molecule has 11 aromatic rings. The highest BCUT2D eigenvalue weighted by Gasteiger charge is 2.23. The maximum absolute atomic E-state index is 6.45. The van der Waals surface area contributed by atoms with E-state index in [0.29, 0.717) is 0 Å². The van der Waals surface area contributed by atoms with Crippen molar-refractivity contribution >= 4 is 77.8 Å². The van der Waals surface area contributed by atoms with Gasteiger partial charge in [0, 0.05) is 44.0 Å². The first-order valence-electron chi connectivity index (χ1n) is 20.4. The number of nitrogens with zero attached hydrogens (tertiary/aromatic N) is 1. The lowest BCUT2D eigenvalue weighted by Gasteiger charge is -2.30. The summed E-state index contributed by atoms with van der Waals surface area (Å²) in [4.78, 5) is 2.42. The normalized spacial score (nSPS) is 12.5. The van der Waals surface area contributed by atoms with Gasteiger partial charge < -0.3 is 13.7 Å². The quantitative estimate of drug-likeness (QED) is 0.169. The first kappa shape index (κ1) is 33.5. The van der Waals surface area contributed by atoms with E-state index in [4.69, 9.17) is 8.83 Å². The summed E-state index contributed by atoms with van der Waals surface area (Å²) in [5, 5.41) is 7.06. The van der Waals surface area contributed by atoms with E-state index in [1.54, 1.807) is 0 Å². The Bertz CT molecular complexity index is 3440. The minimum atomic E-state index is 0.907. The summed E-state index contributed by atoms with van der Waals surface area (Å²) in [7, 11) is 0.